The zero-order valence-corrected chi connectivity index (χ0v) is 8.13. The van der Waals surface area contributed by atoms with Gasteiger partial charge in [-0.3, -0.25) is 4.79 Å². The molecule has 1 rings (SSSR count). The first-order valence-electron chi connectivity index (χ1n) is 4.15. The molecule has 0 aliphatic rings. The summed E-state index contributed by atoms with van der Waals surface area (Å²) in [6, 6.07) is 1.96. The van der Waals surface area contributed by atoms with Crippen LogP contribution in [0.25, 0.3) is 0 Å². The Bertz CT molecular complexity index is 372. The minimum atomic E-state index is -0.823. The lowest BCUT2D eigenvalue weighted by molar-refractivity contribution is -0.116. The molecule has 1 aromatic rings. The van der Waals surface area contributed by atoms with E-state index >= 15 is 0 Å². The zero-order chi connectivity index (χ0) is 11.6. The summed E-state index contributed by atoms with van der Waals surface area (Å²) in [5.74, 6) is -2.32. The van der Waals surface area contributed by atoms with Gasteiger partial charge in [0.2, 0.25) is 5.91 Å². The topological polar surface area (TPSA) is 72.3 Å². The molecule has 0 aliphatic heterocycles. The van der Waals surface area contributed by atoms with E-state index in [-0.39, 0.29) is 17.9 Å². The van der Waals surface area contributed by atoms with E-state index in [1.165, 1.54) is 7.05 Å². The third-order valence-electron chi connectivity index (χ3n) is 1.81. The Morgan fingerprint density at radius 3 is 2.27 bits per heavy atom. The Labute approximate surface area is 85.5 Å². The molecule has 0 aliphatic carbocycles. The Balaban J connectivity index is 3.08. The summed E-state index contributed by atoms with van der Waals surface area (Å²) in [4.78, 5) is 11.7. The number of nitrogens with zero attached hydrogens (tertiary/aromatic N) is 1. The molecule has 4 nitrogen and oxygen atoms in total. The van der Waals surface area contributed by atoms with Crippen LogP contribution in [0.2, 0.25) is 0 Å². The molecule has 0 spiro atoms. The van der Waals surface area contributed by atoms with Crippen molar-refractivity contribution in [1.82, 2.24) is 0 Å². The number of primary amides is 1. The van der Waals surface area contributed by atoms with Crippen molar-refractivity contribution in [2.75, 3.05) is 24.2 Å². The minimum Gasteiger partial charge on any atom is -0.399 e. The molecule has 0 fully saturated rings. The molecule has 4 N–H and O–H groups in total. The van der Waals surface area contributed by atoms with Crippen LogP contribution in [0.3, 0.4) is 0 Å². The average molecular weight is 215 g/mol. The molecule has 82 valence electrons. The van der Waals surface area contributed by atoms with Crippen LogP contribution in [0.4, 0.5) is 20.2 Å². The number of benzene rings is 1. The highest BCUT2D eigenvalue weighted by atomic mass is 19.1. The first kappa shape index (κ1) is 11.2. The number of hydrogen-bond donors (Lipinski definition) is 2. The summed E-state index contributed by atoms with van der Waals surface area (Å²) in [6.45, 7) is -0.266. The van der Waals surface area contributed by atoms with Crippen LogP contribution >= 0.6 is 0 Å². The van der Waals surface area contributed by atoms with Gasteiger partial charge in [-0.2, -0.15) is 0 Å². The molecule has 0 saturated carbocycles. The second kappa shape index (κ2) is 4.12. The van der Waals surface area contributed by atoms with Crippen LogP contribution in [0, 0.1) is 11.6 Å². The molecule has 0 atom stereocenters. The highest BCUT2D eigenvalue weighted by molar-refractivity contribution is 5.79. The maximum Gasteiger partial charge on any atom is 0.236 e. The van der Waals surface area contributed by atoms with E-state index in [9.17, 15) is 13.6 Å². The van der Waals surface area contributed by atoms with E-state index in [1.54, 1.807) is 0 Å². The lowest BCUT2D eigenvalue weighted by atomic mass is 10.2. The summed E-state index contributed by atoms with van der Waals surface area (Å²) < 4.78 is 26.6. The molecule has 1 aromatic carbocycles. The number of rotatable bonds is 3. The predicted octanol–water partition coefficient (Wildman–Crippen LogP) is 0.468. The Hall–Kier alpha value is -1.85. The Morgan fingerprint density at radius 2 is 1.87 bits per heavy atom. The fraction of sp³-hybridized carbons (Fsp3) is 0.222. The van der Waals surface area contributed by atoms with Crippen molar-refractivity contribution in [3.63, 3.8) is 0 Å². The lowest BCUT2D eigenvalue weighted by Crippen LogP contribution is -2.31. The quantitative estimate of drug-likeness (QED) is 0.720. The zero-order valence-electron chi connectivity index (χ0n) is 8.13. The fourth-order valence-corrected chi connectivity index (χ4v) is 1.26. The number of amides is 1. The highest BCUT2D eigenvalue weighted by Crippen LogP contribution is 2.24. The number of nitrogen functional groups attached to an aromatic ring is 1. The van der Waals surface area contributed by atoms with Crippen LogP contribution in [0.15, 0.2) is 12.1 Å². The Kier molecular flexibility index (Phi) is 3.08. The van der Waals surface area contributed by atoms with Crippen molar-refractivity contribution < 1.29 is 13.6 Å². The van der Waals surface area contributed by atoms with Crippen LogP contribution in [-0.4, -0.2) is 19.5 Å². The number of hydrogen-bond acceptors (Lipinski definition) is 3. The van der Waals surface area contributed by atoms with Gasteiger partial charge in [0.05, 0.1) is 6.54 Å². The summed E-state index contributed by atoms with van der Waals surface area (Å²) in [7, 11) is 1.36. The molecule has 0 radical (unpaired) electrons. The molecular formula is C9H11F2N3O. The van der Waals surface area contributed by atoms with Crippen molar-refractivity contribution in [2.24, 2.45) is 5.73 Å². The smallest absolute Gasteiger partial charge is 0.236 e. The molecule has 0 bridgehead atoms. The predicted molar refractivity (Wildman–Crippen MR) is 53.2 cm³/mol. The second-order valence-electron chi connectivity index (χ2n) is 3.16. The molecule has 0 unspecified atom stereocenters. The molecule has 6 heteroatoms. The number of nitrogens with two attached hydrogens (primary N) is 2. The van der Waals surface area contributed by atoms with Gasteiger partial charge < -0.3 is 16.4 Å². The van der Waals surface area contributed by atoms with Crippen LogP contribution in [0.1, 0.15) is 0 Å². The molecule has 0 aromatic heterocycles. The van der Waals surface area contributed by atoms with Crippen LogP contribution in [0.5, 0.6) is 0 Å². The van der Waals surface area contributed by atoms with Gasteiger partial charge in [-0.1, -0.05) is 0 Å². The number of halogens is 2. The van der Waals surface area contributed by atoms with Gasteiger partial charge in [-0.05, 0) is 12.1 Å². The number of anilines is 2. The second-order valence-corrected chi connectivity index (χ2v) is 3.16. The summed E-state index contributed by atoms with van der Waals surface area (Å²) in [5, 5.41) is 0. The van der Waals surface area contributed by atoms with Crippen molar-refractivity contribution >= 4 is 17.3 Å². The van der Waals surface area contributed by atoms with Crippen molar-refractivity contribution in [3.05, 3.63) is 23.8 Å². The maximum atomic E-state index is 13.3. The third kappa shape index (κ3) is 2.55. The van der Waals surface area contributed by atoms with Crippen LogP contribution in [-0.2, 0) is 4.79 Å². The summed E-state index contributed by atoms with van der Waals surface area (Å²) in [6.07, 6.45) is 0. The van der Waals surface area contributed by atoms with Crippen LogP contribution < -0.4 is 16.4 Å². The minimum absolute atomic E-state index is 0.0128. The van der Waals surface area contributed by atoms with Crippen molar-refractivity contribution in [3.8, 4) is 0 Å². The van der Waals surface area contributed by atoms with Gasteiger partial charge in [0.15, 0.2) is 11.6 Å². The lowest BCUT2D eigenvalue weighted by Gasteiger charge is -2.18. The summed E-state index contributed by atoms with van der Waals surface area (Å²) in [5.41, 5.74) is 9.82. The van der Waals surface area contributed by atoms with E-state index in [2.05, 4.69) is 0 Å². The first-order valence-corrected chi connectivity index (χ1v) is 4.15. The van der Waals surface area contributed by atoms with Gasteiger partial charge in [0.25, 0.3) is 0 Å². The maximum absolute atomic E-state index is 13.3. The molecule has 0 heterocycles. The van der Waals surface area contributed by atoms with Gasteiger partial charge in [0.1, 0.15) is 5.69 Å². The highest BCUT2D eigenvalue weighted by Gasteiger charge is 2.15. The number of likely N-dealkylation sites (N-methyl/N-ethyl adjacent to an activating group) is 1. The molecule has 15 heavy (non-hydrogen) atoms. The van der Waals surface area contributed by atoms with Crippen molar-refractivity contribution in [2.45, 2.75) is 0 Å². The molecule has 0 saturated heterocycles. The van der Waals surface area contributed by atoms with Gasteiger partial charge in [-0.15, -0.1) is 0 Å². The van der Waals surface area contributed by atoms with E-state index < -0.39 is 17.5 Å². The largest absolute Gasteiger partial charge is 0.399 e. The average Bonchev–Trinajstić information content (AvgIpc) is 1.99. The Morgan fingerprint density at radius 1 is 1.40 bits per heavy atom. The number of carbonyl (C=O) groups excluding carboxylic acids is 1. The molecule has 1 amide bonds. The third-order valence-corrected chi connectivity index (χ3v) is 1.81. The standard InChI is InChI=1S/C9H11F2N3O/c1-14(4-8(13)15)9-6(10)2-5(12)3-7(9)11/h2-3H,4,12H2,1H3,(H2,13,15). The summed E-state index contributed by atoms with van der Waals surface area (Å²) >= 11 is 0. The number of carbonyl (C=O) groups is 1. The van der Waals surface area contributed by atoms with Gasteiger partial charge in [-0.25, -0.2) is 8.78 Å². The van der Waals surface area contributed by atoms with Crippen molar-refractivity contribution in [1.29, 1.82) is 0 Å². The van der Waals surface area contributed by atoms with E-state index in [0.717, 1.165) is 17.0 Å². The monoisotopic (exact) mass is 215 g/mol. The van der Waals surface area contributed by atoms with E-state index in [0.29, 0.717) is 0 Å². The molecular weight excluding hydrogens is 204 g/mol. The van der Waals surface area contributed by atoms with Gasteiger partial charge in [0, 0.05) is 12.7 Å². The van der Waals surface area contributed by atoms with E-state index in [4.69, 9.17) is 11.5 Å². The van der Waals surface area contributed by atoms with Gasteiger partial charge >= 0.3 is 0 Å². The van der Waals surface area contributed by atoms with E-state index in [1.807, 2.05) is 0 Å². The first-order chi connectivity index (χ1) is 6.91. The SMILES string of the molecule is CN(CC(N)=O)c1c(F)cc(N)cc1F. The fourth-order valence-electron chi connectivity index (χ4n) is 1.26. The normalized spacial score (nSPS) is 10.1.